The molecule has 0 radical (unpaired) electrons. The van der Waals surface area contributed by atoms with Gasteiger partial charge in [-0.1, -0.05) is 30.3 Å². The largest absolute Gasteiger partial charge is 0.473 e. The summed E-state index contributed by atoms with van der Waals surface area (Å²) < 4.78 is 5.71. The molecule has 0 bridgehead atoms. The van der Waals surface area contributed by atoms with Gasteiger partial charge in [-0.3, -0.25) is 4.79 Å². The van der Waals surface area contributed by atoms with E-state index in [2.05, 4.69) is 15.3 Å². The number of nitrogens with one attached hydrogen (secondary N) is 1. The van der Waals surface area contributed by atoms with E-state index < -0.39 is 0 Å². The van der Waals surface area contributed by atoms with E-state index in [-0.39, 0.29) is 11.8 Å². The van der Waals surface area contributed by atoms with Crippen LogP contribution in [0.3, 0.4) is 0 Å². The minimum atomic E-state index is 0.0208. The molecule has 0 saturated carbocycles. The highest BCUT2D eigenvalue weighted by molar-refractivity contribution is 5.81. The van der Waals surface area contributed by atoms with Gasteiger partial charge in [0.25, 0.3) is 0 Å². The minimum absolute atomic E-state index is 0.0208. The summed E-state index contributed by atoms with van der Waals surface area (Å²) in [6.45, 7) is 4.35. The lowest BCUT2D eigenvalue weighted by Crippen LogP contribution is -2.54. The topological polar surface area (TPSA) is 67.4 Å². The maximum atomic E-state index is 11.7. The zero-order valence-electron chi connectivity index (χ0n) is 13.1. The maximum Gasteiger partial charge on any atom is 0.228 e. The first-order valence-electron chi connectivity index (χ1n) is 7.78. The normalized spacial score (nSPS) is 14.2. The van der Waals surface area contributed by atoms with E-state index in [9.17, 15) is 4.79 Å². The summed E-state index contributed by atoms with van der Waals surface area (Å²) in [5, 5.41) is 2.84. The molecule has 1 saturated heterocycles. The molecule has 6 nitrogen and oxygen atoms in total. The number of nitrogens with zero attached hydrogens (tertiary/aromatic N) is 3. The summed E-state index contributed by atoms with van der Waals surface area (Å²) in [6, 6.07) is 11.7. The van der Waals surface area contributed by atoms with Crippen LogP contribution in [0.15, 0.2) is 42.6 Å². The number of carbonyl (C=O) groups excluding carboxylic acids is 1. The lowest BCUT2D eigenvalue weighted by atomic mass is 10.00. The van der Waals surface area contributed by atoms with E-state index in [1.165, 1.54) is 0 Å². The van der Waals surface area contributed by atoms with Crippen molar-refractivity contribution >= 4 is 11.9 Å². The zero-order valence-corrected chi connectivity index (χ0v) is 13.1. The highest BCUT2D eigenvalue weighted by atomic mass is 16.5. The third-order valence-electron chi connectivity index (χ3n) is 3.73. The van der Waals surface area contributed by atoms with Crippen LogP contribution in [0, 0.1) is 5.92 Å². The predicted octanol–water partition coefficient (Wildman–Crippen LogP) is 1.63. The molecule has 0 aliphatic carbocycles. The average Bonchev–Trinajstić information content (AvgIpc) is 2.53. The van der Waals surface area contributed by atoms with Gasteiger partial charge >= 0.3 is 0 Å². The second-order valence-electron chi connectivity index (χ2n) is 5.47. The Hall–Kier alpha value is -2.63. The van der Waals surface area contributed by atoms with Crippen molar-refractivity contribution in [3.05, 3.63) is 48.2 Å². The molecular formula is C17H20N4O2. The molecule has 120 valence electrons. The van der Waals surface area contributed by atoms with Gasteiger partial charge < -0.3 is 15.0 Å². The monoisotopic (exact) mass is 312 g/mol. The van der Waals surface area contributed by atoms with Crippen LogP contribution in [-0.4, -0.2) is 35.5 Å². The second kappa shape index (κ2) is 7.09. The van der Waals surface area contributed by atoms with Gasteiger partial charge in [-0.05, 0) is 12.5 Å². The molecule has 1 aromatic heterocycles. The van der Waals surface area contributed by atoms with Gasteiger partial charge in [0.15, 0.2) is 0 Å². The lowest BCUT2D eigenvalue weighted by molar-refractivity contribution is -0.125. The summed E-state index contributed by atoms with van der Waals surface area (Å²) in [5.74, 6) is 1.27. The van der Waals surface area contributed by atoms with Gasteiger partial charge in [-0.15, -0.1) is 0 Å². The molecule has 1 fully saturated rings. The summed E-state index contributed by atoms with van der Waals surface area (Å²) in [7, 11) is 0. The van der Waals surface area contributed by atoms with Crippen molar-refractivity contribution in [2.45, 2.75) is 13.5 Å². The fraction of sp³-hybridized carbons (Fsp3) is 0.353. The van der Waals surface area contributed by atoms with E-state index in [1.54, 1.807) is 12.3 Å². The van der Waals surface area contributed by atoms with E-state index >= 15 is 0 Å². The number of ether oxygens (including phenoxy) is 1. The Balaban J connectivity index is 1.55. The Morgan fingerprint density at radius 2 is 2.09 bits per heavy atom. The number of hydrogen-bond acceptors (Lipinski definition) is 5. The first-order chi connectivity index (χ1) is 11.3. The van der Waals surface area contributed by atoms with Gasteiger partial charge in [0.2, 0.25) is 17.7 Å². The Bertz CT molecular complexity index is 657. The second-order valence-corrected chi connectivity index (χ2v) is 5.47. The molecule has 1 amide bonds. The van der Waals surface area contributed by atoms with E-state index in [0.717, 1.165) is 5.56 Å². The van der Waals surface area contributed by atoms with Crippen molar-refractivity contribution in [3.8, 4) is 5.88 Å². The Kier molecular flexibility index (Phi) is 4.71. The van der Waals surface area contributed by atoms with Crippen LogP contribution >= 0.6 is 0 Å². The minimum Gasteiger partial charge on any atom is -0.473 e. The summed E-state index contributed by atoms with van der Waals surface area (Å²) in [6.07, 6.45) is 1.68. The highest BCUT2D eigenvalue weighted by Crippen LogP contribution is 2.22. The predicted molar refractivity (Wildman–Crippen MR) is 87.2 cm³/mol. The maximum absolute atomic E-state index is 11.7. The van der Waals surface area contributed by atoms with Crippen molar-refractivity contribution < 1.29 is 9.53 Å². The smallest absolute Gasteiger partial charge is 0.228 e. The van der Waals surface area contributed by atoms with Crippen molar-refractivity contribution in [2.24, 2.45) is 5.92 Å². The Morgan fingerprint density at radius 1 is 1.30 bits per heavy atom. The molecule has 6 heteroatoms. The first kappa shape index (κ1) is 15.3. The van der Waals surface area contributed by atoms with Crippen LogP contribution in [0.5, 0.6) is 5.88 Å². The van der Waals surface area contributed by atoms with Crippen LogP contribution in [0.2, 0.25) is 0 Å². The third kappa shape index (κ3) is 3.77. The van der Waals surface area contributed by atoms with Gasteiger partial charge in [0.1, 0.15) is 6.61 Å². The first-order valence-corrected chi connectivity index (χ1v) is 7.78. The van der Waals surface area contributed by atoms with Crippen molar-refractivity contribution in [3.63, 3.8) is 0 Å². The molecule has 0 unspecified atom stereocenters. The fourth-order valence-electron chi connectivity index (χ4n) is 2.42. The summed E-state index contributed by atoms with van der Waals surface area (Å²) in [5.41, 5.74) is 1.09. The summed E-state index contributed by atoms with van der Waals surface area (Å²) >= 11 is 0. The number of anilines is 1. The van der Waals surface area contributed by atoms with Gasteiger partial charge in [-0.2, -0.15) is 4.98 Å². The number of amides is 1. The molecule has 23 heavy (non-hydrogen) atoms. The molecule has 1 aromatic carbocycles. The van der Waals surface area contributed by atoms with Crippen LogP contribution in [-0.2, 0) is 11.4 Å². The molecule has 2 aromatic rings. The molecule has 0 spiro atoms. The highest BCUT2D eigenvalue weighted by Gasteiger charge is 2.33. The fourth-order valence-corrected chi connectivity index (χ4v) is 2.42. The van der Waals surface area contributed by atoms with E-state index in [1.807, 2.05) is 42.2 Å². The van der Waals surface area contributed by atoms with Crippen molar-refractivity contribution in [2.75, 3.05) is 24.5 Å². The molecule has 1 N–H and O–H groups in total. The number of hydrogen-bond donors (Lipinski definition) is 1. The number of rotatable bonds is 6. The number of carbonyl (C=O) groups is 1. The average molecular weight is 312 g/mol. The van der Waals surface area contributed by atoms with Gasteiger partial charge in [0, 0.05) is 31.9 Å². The van der Waals surface area contributed by atoms with Crippen LogP contribution in [0.25, 0.3) is 0 Å². The number of benzene rings is 1. The van der Waals surface area contributed by atoms with Gasteiger partial charge in [-0.25, -0.2) is 4.98 Å². The quantitative estimate of drug-likeness (QED) is 0.878. The van der Waals surface area contributed by atoms with E-state index in [0.29, 0.717) is 38.1 Å². The van der Waals surface area contributed by atoms with Crippen LogP contribution in [0.4, 0.5) is 5.95 Å². The molecule has 3 rings (SSSR count). The molecular weight excluding hydrogens is 292 g/mol. The van der Waals surface area contributed by atoms with Crippen LogP contribution in [0.1, 0.15) is 12.5 Å². The standard InChI is InChI=1S/C17H20N4O2/c1-2-18-16(22)14-10-21(11-14)17-19-9-8-15(20-17)23-12-13-6-4-3-5-7-13/h3-9,14H,2,10-12H2,1H3,(H,18,22). The Morgan fingerprint density at radius 3 is 2.83 bits per heavy atom. The lowest BCUT2D eigenvalue weighted by Gasteiger charge is -2.38. The number of aromatic nitrogens is 2. The molecule has 0 atom stereocenters. The van der Waals surface area contributed by atoms with E-state index in [4.69, 9.17) is 4.74 Å². The molecule has 2 heterocycles. The van der Waals surface area contributed by atoms with Gasteiger partial charge in [0.05, 0.1) is 5.92 Å². The summed E-state index contributed by atoms with van der Waals surface area (Å²) in [4.78, 5) is 22.4. The molecule has 1 aliphatic heterocycles. The van der Waals surface area contributed by atoms with Crippen LogP contribution < -0.4 is 15.0 Å². The third-order valence-corrected chi connectivity index (χ3v) is 3.73. The zero-order chi connectivity index (χ0) is 16.1. The van der Waals surface area contributed by atoms with Crippen molar-refractivity contribution in [1.82, 2.24) is 15.3 Å². The SMILES string of the molecule is CCNC(=O)C1CN(c2nccc(OCc3ccccc3)n2)C1. The Labute approximate surface area is 135 Å². The van der Waals surface area contributed by atoms with Crippen molar-refractivity contribution in [1.29, 1.82) is 0 Å². The molecule has 1 aliphatic rings.